The van der Waals surface area contributed by atoms with E-state index in [1.165, 1.54) is 6.07 Å². The molecular formula is C11H9BrN2O2S3. The van der Waals surface area contributed by atoms with Crippen LogP contribution in [0.3, 0.4) is 0 Å². The largest absolute Gasteiger partial charge is 0.389 e. The highest BCUT2D eigenvalue weighted by atomic mass is 79.9. The number of nitrogens with one attached hydrogen (secondary N) is 1. The van der Waals surface area contributed by atoms with Gasteiger partial charge in [0.15, 0.2) is 0 Å². The molecule has 1 heterocycles. The van der Waals surface area contributed by atoms with Gasteiger partial charge in [-0.25, -0.2) is 8.42 Å². The minimum Gasteiger partial charge on any atom is -0.389 e. The SMILES string of the molecule is NC(=S)c1ccccc1NS(=O)(=O)c1ccc(Br)s1. The molecule has 0 unspecified atom stereocenters. The molecule has 1 aromatic carbocycles. The van der Waals surface area contributed by atoms with E-state index in [0.717, 1.165) is 15.1 Å². The van der Waals surface area contributed by atoms with Crippen LogP contribution in [0.2, 0.25) is 0 Å². The number of hydrogen-bond donors (Lipinski definition) is 2. The van der Waals surface area contributed by atoms with Crippen molar-refractivity contribution in [2.45, 2.75) is 4.21 Å². The van der Waals surface area contributed by atoms with Crippen molar-refractivity contribution in [2.75, 3.05) is 4.72 Å². The monoisotopic (exact) mass is 376 g/mol. The highest BCUT2D eigenvalue weighted by Gasteiger charge is 2.18. The van der Waals surface area contributed by atoms with Gasteiger partial charge in [0, 0.05) is 5.56 Å². The molecule has 0 bridgehead atoms. The van der Waals surface area contributed by atoms with Gasteiger partial charge in [-0.15, -0.1) is 11.3 Å². The lowest BCUT2D eigenvalue weighted by atomic mass is 10.2. The zero-order chi connectivity index (χ0) is 14.0. The maximum atomic E-state index is 12.2. The summed E-state index contributed by atoms with van der Waals surface area (Å²) in [7, 11) is -3.63. The van der Waals surface area contributed by atoms with Gasteiger partial charge in [-0.1, -0.05) is 24.4 Å². The van der Waals surface area contributed by atoms with Gasteiger partial charge in [0.05, 0.1) is 9.47 Å². The topological polar surface area (TPSA) is 72.2 Å². The van der Waals surface area contributed by atoms with Crippen LogP contribution in [0.1, 0.15) is 5.56 Å². The Bertz CT molecular complexity index is 725. The standard InChI is InChI=1S/C11H9BrN2O2S3/c12-9-5-6-10(18-9)19(15,16)14-8-4-2-1-3-7(8)11(13)17/h1-6,14H,(H2,13,17). The number of rotatable bonds is 4. The number of thiocarbonyl (C=S) groups is 1. The van der Waals surface area contributed by atoms with Gasteiger partial charge >= 0.3 is 0 Å². The second-order valence-electron chi connectivity index (χ2n) is 3.57. The molecule has 100 valence electrons. The van der Waals surface area contributed by atoms with Crippen molar-refractivity contribution < 1.29 is 8.42 Å². The molecule has 19 heavy (non-hydrogen) atoms. The molecule has 3 N–H and O–H groups in total. The van der Waals surface area contributed by atoms with Gasteiger partial charge in [-0.2, -0.15) is 0 Å². The minimum atomic E-state index is -3.63. The first-order chi connectivity index (χ1) is 8.90. The lowest BCUT2D eigenvalue weighted by molar-refractivity contribution is 0.603. The van der Waals surface area contributed by atoms with Crippen LogP contribution in [0, 0.1) is 0 Å². The molecule has 0 radical (unpaired) electrons. The van der Waals surface area contributed by atoms with Crippen molar-refractivity contribution >= 4 is 60.2 Å². The van der Waals surface area contributed by atoms with E-state index in [1.54, 1.807) is 30.3 Å². The van der Waals surface area contributed by atoms with Crippen LogP contribution >= 0.6 is 39.5 Å². The molecule has 0 spiro atoms. The summed E-state index contributed by atoms with van der Waals surface area (Å²) in [4.78, 5) is 0.144. The van der Waals surface area contributed by atoms with Crippen LogP contribution < -0.4 is 10.5 Å². The van der Waals surface area contributed by atoms with Crippen molar-refractivity contribution in [3.8, 4) is 0 Å². The van der Waals surface area contributed by atoms with Gasteiger partial charge in [0.1, 0.15) is 9.20 Å². The van der Waals surface area contributed by atoms with E-state index >= 15 is 0 Å². The Morgan fingerprint density at radius 2 is 1.95 bits per heavy atom. The molecule has 0 atom stereocenters. The number of hydrogen-bond acceptors (Lipinski definition) is 4. The summed E-state index contributed by atoms with van der Waals surface area (Å²) in [5.74, 6) is 0. The van der Waals surface area contributed by atoms with E-state index in [1.807, 2.05) is 0 Å². The quantitative estimate of drug-likeness (QED) is 0.804. The summed E-state index contributed by atoms with van der Waals surface area (Å²) >= 11 is 9.26. The summed E-state index contributed by atoms with van der Waals surface area (Å²) in [6, 6.07) is 9.95. The van der Waals surface area contributed by atoms with E-state index in [0.29, 0.717) is 11.3 Å². The summed E-state index contributed by atoms with van der Waals surface area (Å²) in [6.45, 7) is 0. The second kappa shape index (κ2) is 5.58. The second-order valence-corrected chi connectivity index (χ2v) is 8.39. The van der Waals surface area contributed by atoms with E-state index in [9.17, 15) is 8.42 Å². The van der Waals surface area contributed by atoms with Crippen LogP contribution in [-0.4, -0.2) is 13.4 Å². The van der Waals surface area contributed by atoms with Crippen LogP contribution in [0.4, 0.5) is 5.69 Å². The van der Waals surface area contributed by atoms with Crippen LogP contribution in [0.5, 0.6) is 0 Å². The number of sulfonamides is 1. The molecule has 2 rings (SSSR count). The third kappa shape index (κ3) is 3.33. The molecule has 0 amide bonds. The predicted octanol–water partition coefficient (Wildman–Crippen LogP) is 2.95. The first-order valence-electron chi connectivity index (χ1n) is 5.07. The van der Waals surface area contributed by atoms with Crippen molar-refractivity contribution in [2.24, 2.45) is 5.73 Å². The van der Waals surface area contributed by atoms with Gasteiger partial charge in [-0.05, 0) is 40.2 Å². The molecule has 2 aromatic rings. The predicted molar refractivity (Wildman–Crippen MR) is 85.2 cm³/mol. The number of thiophene rings is 1. The van der Waals surface area contributed by atoms with Gasteiger partial charge in [0.2, 0.25) is 0 Å². The average molecular weight is 377 g/mol. The zero-order valence-electron chi connectivity index (χ0n) is 9.46. The third-order valence-corrected chi connectivity index (χ3v) is 5.95. The Balaban J connectivity index is 2.39. The highest BCUT2D eigenvalue weighted by Crippen LogP contribution is 2.28. The summed E-state index contributed by atoms with van der Waals surface area (Å²) in [5.41, 5.74) is 6.44. The minimum absolute atomic E-state index is 0.144. The number of para-hydroxylation sites is 1. The van der Waals surface area contributed by atoms with Crippen molar-refractivity contribution in [3.63, 3.8) is 0 Å². The number of halogens is 1. The highest BCUT2D eigenvalue weighted by molar-refractivity contribution is 9.11. The maximum absolute atomic E-state index is 12.2. The molecular weight excluding hydrogens is 368 g/mol. The van der Waals surface area contributed by atoms with Crippen molar-refractivity contribution in [3.05, 3.63) is 45.7 Å². The fourth-order valence-corrected chi connectivity index (χ4v) is 4.69. The third-order valence-electron chi connectivity index (χ3n) is 2.25. The fourth-order valence-electron chi connectivity index (χ4n) is 1.42. The molecule has 1 aromatic heterocycles. The molecule has 0 aliphatic rings. The molecule has 0 aliphatic carbocycles. The van der Waals surface area contributed by atoms with Crippen LogP contribution in [0.25, 0.3) is 0 Å². The first-order valence-corrected chi connectivity index (χ1v) is 8.57. The molecule has 4 nitrogen and oxygen atoms in total. The molecule has 0 saturated heterocycles. The summed E-state index contributed by atoms with van der Waals surface area (Å²) in [5, 5.41) is 0. The van der Waals surface area contributed by atoms with Gasteiger partial charge in [0.25, 0.3) is 10.0 Å². The normalized spacial score (nSPS) is 11.2. The lowest BCUT2D eigenvalue weighted by Gasteiger charge is -2.10. The van der Waals surface area contributed by atoms with Gasteiger partial charge < -0.3 is 5.73 Å². The summed E-state index contributed by atoms with van der Waals surface area (Å²) in [6.07, 6.45) is 0. The van der Waals surface area contributed by atoms with Crippen molar-refractivity contribution in [1.82, 2.24) is 0 Å². The number of benzene rings is 1. The average Bonchev–Trinajstić information content (AvgIpc) is 2.76. The number of anilines is 1. The molecule has 0 saturated carbocycles. The molecule has 0 fully saturated rings. The smallest absolute Gasteiger partial charge is 0.271 e. The zero-order valence-corrected chi connectivity index (χ0v) is 13.5. The first kappa shape index (κ1) is 14.4. The van der Waals surface area contributed by atoms with E-state index in [4.69, 9.17) is 18.0 Å². The maximum Gasteiger partial charge on any atom is 0.271 e. The molecule has 8 heteroatoms. The Morgan fingerprint density at radius 3 is 2.53 bits per heavy atom. The van der Waals surface area contributed by atoms with E-state index in [-0.39, 0.29) is 9.20 Å². The Labute approximate surface area is 128 Å². The summed E-state index contributed by atoms with van der Waals surface area (Å²) < 4.78 is 27.8. The van der Waals surface area contributed by atoms with Crippen LogP contribution in [0.15, 0.2) is 44.4 Å². The fraction of sp³-hybridized carbons (Fsp3) is 0. The Hall–Kier alpha value is -0.960. The Morgan fingerprint density at radius 1 is 1.26 bits per heavy atom. The van der Waals surface area contributed by atoms with Gasteiger partial charge in [-0.3, -0.25) is 4.72 Å². The van der Waals surface area contributed by atoms with E-state index < -0.39 is 10.0 Å². The lowest BCUT2D eigenvalue weighted by Crippen LogP contribution is -2.17. The van der Waals surface area contributed by atoms with Crippen molar-refractivity contribution in [1.29, 1.82) is 0 Å². The Kier molecular flexibility index (Phi) is 4.24. The molecule has 0 aliphatic heterocycles. The number of nitrogens with two attached hydrogens (primary N) is 1. The van der Waals surface area contributed by atoms with Crippen LogP contribution in [-0.2, 0) is 10.0 Å². The van der Waals surface area contributed by atoms with E-state index in [2.05, 4.69) is 20.7 Å².